The van der Waals surface area contributed by atoms with Crippen LogP contribution in [0.2, 0.25) is 0 Å². The van der Waals surface area contributed by atoms with Crippen molar-refractivity contribution in [1.82, 2.24) is 0 Å². The molecular weight excluding hydrogens is 760 g/mol. The van der Waals surface area contributed by atoms with Gasteiger partial charge >= 0.3 is 0 Å². The zero-order valence-corrected chi connectivity index (χ0v) is 35.9. The highest BCUT2D eigenvalue weighted by molar-refractivity contribution is 7.34. The second kappa shape index (κ2) is 12.1. The zero-order chi connectivity index (χ0) is 39.2. The highest BCUT2D eigenvalue weighted by Crippen LogP contribution is 2.53. The Labute approximate surface area is 351 Å². The van der Waals surface area contributed by atoms with E-state index in [-0.39, 0.29) is 17.5 Å². The summed E-state index contributed by atoms with van der Waals surface area (Å²) in [6.07, 6.45) is 0. The van der Waals surface area contributed by atoms with Gasteiger partial charge in [-0.05, 0) is 99.6 Å². The molecule has 7 aromatic carbocycles. The summed E-state index contributed by atoms with van der Waals surface area (Å²) in [7, 11) is 0. The Morgan fingerprint density at radius 1 is 0.431 bits per heavy atom. The van der Waals surface area contributed by atoms with Gasteiger partial charge in [0.15, 0.2) is 0 Å². The molecule has 3 aromatic heterocycles. The Morgan fingerprint density at radius 2 is 0.983 bits per heavy atom. The minimum Gasteiger partial charge on any atom is -0.310 e. The van der Waals surface area contributed by atoms with Gasteiger partial charge in [0.25, 0.3) is 6.71 Å². The minimum atomic E-state index is 0.0261. The molecule has 0 N–H and O–H groups in total. The molecule has 58 heavy (non-hydrogen) atoms. The van der Waals surface area contributed by atoms with E-state index in [4.69, 9.17) is 0 Å². The van der Waals surface area contributed by atoms with Crippen molar-refractivity contribution in [2.75, 3.05) is 9.80 Å². The molecule has 10 aromatic rings. The van der Waals surface area contributed by atoms with Crippen LogP contribution in [0.25, 0.3) is 50.4 Å². The zero-order valence-electron chi connectivity index (χ0n) is 33.5. The highest BCUT2D eigenvalue weighted by atomic mass is 32.1. The molecule has 2 aliphatic heterocycles. The van der Waals surface area contributed by atoms with Crippen molar-refractivity contribution in [3.63, 3.8) is 0 Å². The Kier molecular flexibility index (Phi) is 7.21. The third-order valence-corrected chi connectivity index (χ3v) is 16.1. The van der Waals surface area contributed by atoms with Crippen LogP contribution in [0.3, 0.4) is 0 Å². The lowest BCUT2D eigenvalue weighted by atomic mass is 9.36. The average molecular weight is 801 g/mol. The Morgan fingerprint density at radius 3 is 1.69 bits per heavy atom. The van der Waals surface area contributed by atoms with Crippen LogP contribution in [0.1, 0.15) is 52.7 Å². The number of benzene rings is 7. The average Bonchev–Trinajstić information content (AvgIpc) is 3.91. The van der Waals surface area contributed by atoms with Gasteiger partial charge in [-0.25, -0.2) is 0 Å². The fourth-order valence-corrected chi connectivity index (χ4v) is 13.3. The number of thiophene rings is 3. The summed E-state index contributed by atoms with van der Waals surface area (Å²) in [5.41, 5.74) is 13.1. The first kappa shape index (κ1) is 34.6. The lowest BCUT2D eigenvalue weighted by Gasteiger charge is -2.43. The summed E-state index contributed by atoms with van der Waals surface area (Å²) in [6.45, 7) is 14.0. The molecule has 0 saturated carbocycles. The first-order valence-corrected chi connectivity index (χ1v) is 22.7. The van der Waals surface area contributed by atoms with Gasteiger partial charge in [0.2, 0.25) is 0 Å². The number of rotatable bonds is 2. The van der Waals surface area contributed by atoms with Crippen LogP contribution in [0.15, 0.2) is 140 Å². The van der Waals surface area contributed by atoms with E-state index in [1.807, 2.05) is 34.0 Å². The first-order chi connectivity index (χ1) is 28.0. The number of nitrogens with zero attached hydrogens (tertiary/aromatic N) is 2. The molecule has 0 fully saturated rings. The maximum Gasteiger partial charge on any atom is 0.264 e. The SMILES string of the molecule is CC(C)(C)c1ccc(N2c3cccc4c3B(c3ccc5sc6ccccc6c5c3N4c3cccc4sc5ccccc5c34)c3sc4ccc(C(C)(C)C)cc4c32)cc1. The first-order valence-electron chi connectivity index (χ1n) is 20.3. The predicted molar refractivity (Wildman–Crippen MR) is 259 cm³/mol. The van der Waals surface area contributed by atoms with Crippen LogP contribution in [0, 0.1) is 0 Å². The summed E-state index contributed by atoms with van der Waals surface area (Å²) in [6, 6.07) is 53.5. The molecule has 5 heterocycles. The fourth-order valence-electron chi connectivity index (χ4n) is 9.75. The van der Waals surface area contributed by atoms with E-state index in [9.17, 15) is 0 Å². The summed E-state index contributed by atoms with van der Waals surface area (Å²) in [5.74, 6) is 0. The second-order valence-corrected chi connectivity index (χ2v) is 21.4. The van der Waals surface area contributed by atoms with Gasteiger partial charge in [-0.3, -0.25) is 0 Å². The molecule has 0 saturated heterocycles. The molecule has 0 atom stereocenters. The topological polar surface area (TPSA) is 6.48 Å². The Hall–Kier alpha value is -5.40. The van der Waals surface area contributed by atoms with Crippen molar-refractivity contribution in [2.24, 2.45) is 0 Å². The van der Waals surface area contributed by atoms with Gasteiger partial charge in [-0.15, -0.1) is 34.0 Å². The van der Waals surface area contributed by atoms with Crippen LogP contribution in [0.4, 0.5) is 34.1 Å². The largest absolute Gasteiger partial charge is 0.310 e. The minimum absolute atomic E-state index is 0.0261. The lowest BCUT2D eigenvalue weighted by Crippen LogP contribution is -2.60. The van der Waals surface area contributed by atoms with Crippen LogP contribution in [0.5, 0.6) is 0 Å². The van der Waals surface area contributed by atoms with Crippen molar-refractivity contribution < 1.29 is 0 Å². The van der Waals surface area contributed by atoms with Gasteiger partial charge in [0.05, 0.1) is 17.1 Å². The molecular formula is C52H41BN2S3. The van der Waals surface area contributed by atoms with Gasteiger partial charge in [0, 0.05) is 72.3 Å². The quantitative estimate of drug-likeness (QED) is 0.161. The highest BCUT2D eigenvalue weighted by Gasteiger charge is 2.46. The molecule has 2 nitrogen and oxygen atoms in total. The van der Waals surface area contributed by atoms with Crippen molar-refractivity contribution in [3.8, 4) is 0 Å². The lowest BCUT2D eigenvalue weighted by molar-refractivity contribution is 0.590. The van der Waals surface area contributed by atoms with E-state index in [1.165, 1.54) is 111 Å². The van der Waals surface area contributed by atoms with Crippen LogP contribution in [-0.4, -0.2) is 6.71 Å². The molecule has 0 unspecified atom stereocenters. The van der Waals surface area contributed by atoms with Crippen LogP contribution in [-0.2, 0) is 10.8 Å². The monoisotopic (exact) mass is 800 g/mol. The Bertz CT molecular complexity index is 3330. The van der Waals surface area contributed by atoms with Crippen LogP contribution < -0.4 is 25.5 Å². The number of anilines is 6. The molecule has 280 valence electrons. The standard InChI is InChI=1S/C52H41BN2S3/c1-51(2,3)30-21-24-32(25-22-30)54-38-16-11-17-39-47(38)53(50-48(54)35-29-31(52(4,5)6)23-27-42(35)58-50)36-26-28-44-46(34-14-8-10-19-41(34)57-44)49(36)55(39)37-15-12-20-43-45(37)33-13-7-9-18-40(33)56-43/h7-29H,1-6H3. The van der Waals surface area contributed by atoms with E-state index in [0.29, 0.717) is 0 Å². The smallest absolute Gasteiger partial charge is 0.264 e. The fraction of sp³-hybridized carbons (Fsp3) is 0.154. The third-order valence-electron chi connectivity index (χ3n) is 12.6. The van der Waals surface area contributed by atoms with Crippen LogP contribution >= 0.6 is 34.0 Å². The molecule has 0 spiro atoms. The summed E-state index contributed by atoms with van der Waals surface area (Å²) < 4.78 is 8.05. The molecule has 0 amide bonds. The molecule has 2 aliphatic rings. The van der Waals surface area contributed by atoms with E-state index < -0.39 is 0 Å². The third kappa shape index (κ3) is 4.83. The van der Waals surface area contributed by atoms with Gasteiger partial charge in [-0.1, -0.05) is 114 Å². The summed E-state index contributed by atoms with van der Waals surface area (Å²) >= 11 is 5.79. The van der Waals surface area contributed by atoms with Crippen molar-refractivity contribution >= 4 is 141 Å². The van der Waals surface area contributed by atoms with E-state index >= 15 is 0 Å². The van der Waals surface area contributed by atoms with E-state index in [0.717, 1.165) is 0 Å². The maximum absolute atomic E-state index is 2.66. The van der Waals surface area contributed by atoms with Crippen molar-refractivity contribution in [1.29, 1.82) is 0 Å². The molecule has 0 radical (unpaired) electrons. The summed E-state index contributed by atoms with van der Waals surface area (Å²) in [4.78, 5) is 5.26. The predicted octanol–water partition coefficient (Wildman–Crippen LogP) is 14.3. The van der Waals surface area contributed by atoms with E-state index in [1.54, 1.807) is 0 Å². The van der Waals surface area contributed by atoms with Gasteiger partial charge < -0.3 is 9.80 Å². The summed E-state index contributed by atoms with van der Waals surface area (Å²) in [5, 5.41) is 6.65. The molecule has 0 aliphatic carbocycles. The molecule has 12 rings (SSSR count). The van der Waals surface area contributed by atoms with Crippen molar-refractivity contribution in [2.45, 2.75) is 52.4 Å². The van der Waals surface area contributed by atoms with Crippen molar-refractivity contribution in [3.05, 3.63) is 151 Å². The number of hydrogen-bond acceptors (Lipinski definition) is 5. The van der Waals surface area contributed by atoms with Gasteiger partial charge in [-0.2, -0.15) is 0 Å². The number of hydrogen-bond donors (Lipinski definition) is 0. The normalized spacial score (nSPS) is 13.9. The molecule has 0 bridgehead atoms. The Balaban J connectivity index is 1.23. The van der Waals surface area contributed by atoms with Gasteiger partial charge in [0.1, 0.15) is 0 Å². The number of fused-ring (bicyclic) bond motifs is 13. The van der Waals surface area contributed by atoms with E-state index in [2.05, 4.69) is 191 Å². The maximum atomic E-state index is 2.66. The second-order valence-electron chi connectivity index (χ2n) is 18.1. The molecule has 6 heteroatoms.